The standard InChI is InChI=1S/C8H9N3O4/c1-9-8(13)10-6-3-2-5(11(14)15)4-7(6)12/h2-4,12H,1H3,(H2,9,10,13). The summed E-state index contributed by atoms with van der Waals surface area (Å²) in [7, 11) is 1.41. The topological polar surface area (TPSA) is 104 Å². The third kappa shape index (κ3) is 2.56. The first-order valence-electron chi connectivity index (χ1n) is 4.00. The molecular formula is C8H9N3O4. The van der Waals surface area contributed by atoms with Gasteiger partial charge in [0.25, 0.3) is 5.69 Å². The largest absolute Gasteiger partial charge is 0.506 e. The molecule has 0 aliphatic rings. The van der Waals surface area contributed by atoms with Gasteiger partial charge in [0, 0.05) is 13.1 Å². The number of non-ortho nitro benzene ring substituents is 1. The molecule has 15 heavy (non-hydrogen) atoms. The summed E-state index contributed by atoms with van der Waals surface area (Å²) in [5.74, 6) is -0.354. The molecule has 0 aliphatic heterocycles. The Kier molecular flexibility index (Phi) is 3.06. The molecule has 2 amide bonds. The Bertz CT molecular complexity index is 405. The highest BCUT2D eigenvalue weighted by molar-refractivity contribution is 5.90. The number of nitro groups is 1. The first-order valence-corrected chi connectivity index (χ1v) is 4.00. The van der Waals surface area contributed by atoms with Crippen molar-refractivity contribution in [3.63, 3.8) is 0 Å². The Morgan fingerprint density at radius 2 is 2.20 bits per heavy atom. The summed E-state index contributed by atoms with van der Waals surface area (Å²) in [6.45, 7) is 0. The quantitative estimate of drug-likeness (QED) is 0.386. The van der Waals surface area contributed by atoms with Crippen LogP contribution in [0.1, 0.15) is 0 Å². The van der Waals surface area contributed by atoms with Gasteiger partial charge in [0.1, 0.15) is 5.75 Å². The minimum absolute atomic E-state index is 0.111. The molecule has 1 aromatic carbocycles. The van der Waals surface area contributed by atoms with Gasteiger partial charge in [-0.1, -0.05) is 0 Å². The number of phenols is 1. The van der Waals surface area contributed by atoms with E-state index in [1.807, 2.05) is 0 Å². The fraction of sp³-hybridized carbons (Fsp3) is 0.125. The lowest BCUT2D eigenvalue weighted by Gasteiger charge is -2.05. The molecule has 3 N–H and O–H groups in total. The van der Waals surface area contributed by atoms with Crippen LogP contribution in [0.4, 0.5) is 16.2 Å². The van der Waals surface area contributed by atoms with E-state index in [1.54, 1.807) is 0 Å². The van der Waals surface area contributed by atoms with Gasteiger partial charge in [-0.3, -0.25) is 10.1 Å². The molecule has 7 heteroatoms. The van der Waals surface area contributed by atoms with Crippen molar-refractivity contribution in [1.29, 1.82) is 0 Å². The van der Waals surface area contributed by atoms with E-state index < -0.39 is 11.0 Å². The van der Waals surface area contributed by atoms with Gasteiger partial charge >= 0.3 is 6.03 Å². The highest BCUT2D eigenvalue weighted by atomic mass is 16.6. The number of amides is 2. The molecule has 0 aliphatic carbocycles. The molecule has 0 atom stereocenters. The van der Waals surface area contributed by atoms with E-state index in [1.165, 1.54) is 19.2 Å². The number of nitro benzene ring substituents is 1. The Morgan fingerprint density at radius 1 is 1.53 bits per heavy atom. The number of nitrogens with zero attached hydrogens (tertiary/aromatic N) is 1. The normalized spacial score (nSPS) is 9.40. The molecule has 0 aromatic heterocycles. The Morgan fingerprint density at radius 3 is 2.67 bits per heavy atom. The fourth-order valence-electron chi connectivity index (χ4n) is 0.924. The van der Waals surface area contributed by atoms with Crippen molar-refractivity contribution in [3.05, 3.63) is 28.3 Å². The highest BCUT2D eigenvalue weighted by Crippen LogP contribution is 2.27. The second-order valence-corrected chi connectivity index (χ2v) is 2.66. The lowest BCUT2D eigenvalue weighted by Crippen LogP contribution is -2.24. The third-order valence-electron chi connectivity index (χ3n) is 1.67. The van der Waals surface area contributed by atoms with Crippen LogP contribution in [-0.4, -0.2) is 23.1 Å². The number of phenolic OH excluding ortho intramolecular Hbond substituents is 1. The summed E-state index contributed by atoms with van der Waals surface area (Å²) < 4.78 is 0. The summed E-state index contributed by atoms with van der Waals surface area (Å²) in [5, 5.41) is 24.3. The molecule has 0 fully saturated rings. The van der Waals surface area contributed by atoms with Crippen molar-refractivity contribution in [2.75, 3.05) is 12.4 Å². The van der Waals surface area contributed by atoms with Crippen LogP contribution in [0, 0.1) is 10.1 Å². The van der Waals surface area contributed by atoms with Gasteiger partial charge < -0.3 is 15.7 Å². The molecule has 0 spiro atoms. The lowest BCUT2D eigenvalue weighted by atomic mass is 10.2. The summed E-state index contributed by atoms with van der Waals surface area (Å²) >= 11 is 0. The van der Waals surface area contributed by atoms with E-state index in [0.717, 1.165) is 6.07 Å². The maximum atomic E-state index is 10.9. The van der Waals surface area contributed by atoms with Gasteiger partial charge in [0.2, 0.25) is 0 Å². The predicted molar refractivity (Wildman–Crippen MR) is 52.8 cm³/mol. The zero-order chi connectivity index (χ0) is 11.4. The minimum Gasteiger partial charge on any atom is -0.506 e. The number of urea groups is 1. The number of aromatic hydroxyl groups is 1. The van der Waals surface area contributed by atoms with Crippen LogP contribution in [-0.2, 0) is 0 Å². The first kappa shape index (κ1) is 10.8. The molecule has 0 saturated heterocycles. The molecule has 0 saturated carbocycles. The van der Waals surface area contributed by atoms with Gasteiger partial charge in [-0.25, -0.2) is 4.79 Å². The molecule has 7 nitrogen and oxygen atoms in total. The second kappa shape index (κ2) is 4.27. The number of carbonyl (C=O) groups excluding carboxylic acids is 1. The molecule has 80 valence electrons. The van der Waals surface area contributed by atoms with Crippen molar-refractivity contribution >= 4 is 17.4 Å². The summed E-state index contributed by atoms with van der Waals surface area (Å²) in [6, 6.07) is 2.89. The number of carbonyl (C=O) groups is 1. The summed E-state index contributed by atoms with van der Waals surface area (Å²) in [6.07, 6.45) is 0. The Labute approximate surface area is 84.9 Å². The summed E-state index contributed by atoms with van der Waals surface area (Å²) in [5.41, 5.74) is -0.130. The van der Waals surface area contributed by atoms with Crippen LogP contribution in [0.2, 0.25) is 0 Å². The van der Waals surface area contributed by atoms with Crippen molar-refractivity contribution in [3.8, 4) is 5.75 Å². The van der Waals surface area contributed by atoms with Crippen molar-refractivity contribution in [1.82, 2.24) is 5.32 Å². The van der Waals surface area contributed by atoms with E-state index in [-0.39, 0.29) is 17.1 Å². The number of anilines is 1. The van der Waals surface area contributed by atoms with Gasteiger partial charge in [-0.05, 0) is 6.07 Å². The van der Waals surface area contributed by atoms with Gasteiger partial charge in [0.05, 0.1) is 16.7 Å². The molecule has 0 radical (unpaired) electrons. The second-order valence-electron chi connectivity index (χ2n) is 2.66. The van der Waals surface area contributed by atoms with Crippen LogP contribution in [0.5, 0.6) is 5.75 Å². The highest BCUT2D eigenvalue weighted by Gasteiger charge is 2.10. The number of rotatable bonds is 2. The predicted octanol–water partition coefficient (Wildman–Crippen LogP) is 1.05. The lowest BCUT2D eigenvalue weighted by molar-refractivity contribution is -0.384. The fourth-order valence-corrected chi connectivity index (χ4v) is 0.924. The summed E-state index contributed by atoms with van der Waals surface area (Å²) in [4.78, 5) is 20.6. The molecule has 0 unspecified atom stereocenters. The van der Waals surface area contributed by atoms with E-state index in [9.17, 15) is 20.0 Å². The molecule has 1 aromatic rings. The number of hydrogen-bond acceptors (Lipinski definition) is 4. The molecule has 1 rings (SSSR count). The van der Waals surface area contributed by atoms with E-state index >= 15 is 0 Å². The SMILES string of the molecule is CNC(=O)Nc1ccc([N+](=O)[O-])cc1O. The first-order chi connectivity index (χ1) is 7.04. The van der Waals surface area contributed by atoms with Crippen LogP contribution >= 0.6 is 0 Å². The van der Waals surface area contributed by atoms with Crippen molar-refractivity contribution in [2.45, 2.75) is 0 Å². The molecular weight excluding hydrogens is 202 g/mol. The maximum Gasteiger partial charge on any atom is 0.319 e. The van der Waals surface area contributed by atoms with E-state index in [0.29, 0.717) is 0 Å². The Balaban J connectivity index is 2.93. The minimum atomic E-state index is -0.636. The van der Waals surface area contributed by atoms with Gasteiger partial charge in [-0.15, -0.1) is 0 Å². The van der Waals surface area contributed by atoms with E-state index in [2.05, 4.69) is 10.6 Å². The Hall–Kier alpha value is -2.31. The average Bonchev–Trinajstić information content (AvgIpc) is 2.20. The van der Waals surface area contributed by atoms with Gasteiger partial charge in [-0.2, -0.15) is 0 Å². The smallest absolute Gasteiger partial charge is 0.319 e. The van der Waals surface area contributed by atoms with Crippen molar-refractivity contribution < 1.29 is 14.8 Å². The van der Waals surface area contributed by atoms with E-state index in [4.69, 9.17) is 0 Å². The average molecular weight is 211 g/mol. The number of hydrogen-bond donors (Lipinski definition) is 3. The van der Waals surface area contributed by atoms with Crippen LogP contribution < -0.4 is 10.6 Å². The zero-order valence-electron chi connectivity index (χ0n) is 7.85. The molecule has 0 heterocycles. The number of nitrogens with one attached hydrogen (secondary N) is 2. The van der Waals surface area contributed by atoms with Crippen molar-refractivity contribution in [2.24, 2.45) is 0 Å². The van der Waals surface area contributed by atoms with Gasteiger partial charge in [0.15, 0.2) is 0 Å². The monoisotopic (exact) mass is 211 g/mol. The number of benzene rings is 1. The maximum absolute atomic E-state index is 10.9. The van der Waals surface area contributed by atoms with Crippen LogP contribution in [0.3, 0.4) is 0 Å². The zero-order valence-corrected chi connectivity index (χ0v) is 7.85. The van der Waals surface area contributed by atoms with Crippen LogP contribution in [0.15, 0.2) is 18.2 Å². The third-order valence-corrected chi connectivity index (χ3v) is 1.67. The van der Waals surface area contributed by atoms with Crippen LogP contribution in [0.25, 0.3) is 0 Å². The molecule has 0 bridgehead atoms.